The number of alkyl halides is 2. The average molecular weight is 181 g/mol. The lowest BCUT2D eigenvalue weighted by atomic mass is 10.3. The number of halogens is 2. The van der Waals surface area contributed by atoms with Gasteiger partial charge in [-0.15, -0.1) is 0 Å². The predicted molar refractivity (Wildman–Crippen MR) is 44.6 cm³/mol. The Kier molecular flexibility index (Phi) is 1.96. The van der Waals surface area contributed by atoms with E-state index in [4.69, 9.17) is 0 Å². The Labute approximate surface area is 73.8 Å². The molecule has 0 aliphatic carbocycles. The Morgan fingerprint density at radius 3 is 3.15 bits per heavy atom. The summed E-state index contributed by atoms with van der Waals surface area (Å²) in [6.07, 6.45) is -0.805. The largest absolute Gasteiger partial charge is 0.259 e. The van der Waals surface area contributed by atoms with Gasteiger partial charge in [-0.05, 0) is 18.2 Å². The highest BCUT2D eigenvalue weighted by atomic mass is 19.3. The molecular formula is C9H7F2N2. The fourth-order valence-corrected chi connectivity index (χ4v) is 1.24. The maximum absolute atomic E-state index is 12.1. The first-order valence-electron chi connectivity index (χ1n) is 3.87. The molecular weight excluding hydrogens is 174 g/mol. The minimum atomic E-state index is -2.37. The summed E-state index contributed by atoms with van der Waals surface area (Å²) in [6.45, 7) is -0.354. The lowest BCUT2D eigenvalue weighted by Gasteiger charge is -2.00. The van der Waals surface area contributed by atoms with Crippen molar-refractivity contribution in [2.24, 2.45) is 0 Å². The normalized spacial score (nSPS) is 11.3. The van der Waals surface area contributed by atoms with Crippen LogP contribution in [0.3, 0.4) is 0 Å². The second-order valence-electron chi connectivity index (χ2n) is 2.70. The van der Waals surface area contributed by atoms with Gasteiger partial charge in [0.2, 0.25) is 0 Å². The molecule has 13 heavy (non-hydrogen) atoms. The third-order valence-electron chi connectivity index (χ3n) is 1.80. The maximum Gasteiger partial charge on any atom is 0.257 e. The monoisotopic (exact) mass is 181 g/mol. The van der Waals surface area contributed by atoms with Gasteiger partial charge in [0.05, 0.1) is 11.7 Å². The zero-order chi connectivity index (χ0) is 9.26. The van der Waals surface area contributed by atoms with Crippen molar-refractivity contribution in [3.8, 4) is 0 Å². The Morgan fingerprint density at radius 1 is 1.54 bits per heavy atom. The van der Waals surface area contributed by atoms with Gasteiger partial charge in [-0.25, -0.2) is 8.78 Å². The van der Waals surface area contributed by atoms with Crippen LogP contribution in [0.4, 0.5) is 8.78 Å². The highest BCUT2D eigenvalue weighted by Crippen LogP contribution is 2.13. The summed E-state index contributed by atoms with van der Waals surface area (Å²) in [5, 5.41) is 4.69. The first kappa shape index (κ1) is 8.16. The van der Waals surface area contributed by atoms with Crippen molar-refractivity contribution in [3.05, 3.63) is 30.5 Å². The van der Waals surface area contributed by atoms with Crippen LogP contribution in [0.15, 0.2) is 24.4 Å². The van der Waals surface area contributed by atoms with Crippen LogP contribution in [0.5, 0.6) is 0 Å². The van der Waals surface area contributed by atoms with Crippen LogP contribution in [-0.2, 0) is 6.54 Å². The molecule has 4 heteroatoms. The van der Waals surface area contributed by atoms with Crippen LogP contribution in [0.2, 0.25) is 0 Å². The van der Waals surface area contributed by atoms with E-state index in [9.17, 15) is 8.78 Å². The van der Waals surface area contributed by atoms with E-state index in [-0.39, 0.29) is 6.54 Å². The number of benzene rings is 1. The quantitative estimate of drug-likeness (QED) is 0.693. The van der Waals surface area contributed by atoms with E-state index >= 15 is 0 Å². The molecule has 1 radical (unpaired) electrons. The molecule has 1 heterocycles. The minimum absolute atomic E-state index is 0.354. The zero-order valence-corrected chi connectivity index (χ0v) is 6.74. The molecule has 2 rings (SSSR count). The standard InChI is InChI=1S/C9H7F2N2/c10-9(11)6-13-8-4-2-1-3-7(8)5-12-13/h2-5,9H,6H2. The van der Waals surface area contributed by atoms with Crippen molar-refractivity contribution in [2.45, 2.75) is 13.0 Å². The Morgan fingerprint density at radius 2 is 2.38 bits per heavy atom. The Balaban J connectivity index is 2.46. The number of rotatable bonds is 2. The van der Waals surface area contributed by atoms with Crippen LogP contribution in [0.1, 0.15) is 0 Å². The summed E-state index contributed by atoms with van der Waals surface area (Å²) < 4.78 is 25.4. The summed E-state index contributed by atoms with van der Waals surface area (Å²) in [7, 11) is 0. The van der Waals surface area contributed by atoms with Crippen LogP contribution in [-0.4, -0.2) is 16.2 Å². The van der Waals surface area contributed by atoms with E-state index in [2.05, 4.69) is 11.2 Å². The molecule has 1 aromatic carbocycles. The zero-order valence-electron chi connectivity index (χ0n) is 6.74. The van der Waals surface area contributed by atoms with Gasteiger partial charge < -0.3 is 0 Å². The van der Waals surface area contributed by atoms with Crippen LogP contribution in [0.25, 0.3) is 10.9 Å². The number of aromatic nitrogens is 2. The molecule has 0 saturated heterocycles. The van der Waals surface area contributed by atoms with Gasteiger partial charge >= 0.3 is 0 Å². The molecule has 67 valence electrons. The van der Waals surface area contributed by atoms with E-state index < -0.39 is 6.43 Å². The SMILES string of the molecule is FC(F)Cn1ncc2c[c]ccc21. The third-order valence-corrected chi connectivity index (χ3v) is 1.80. The summed E-state index contributed by atoms with van der Waals surface area (Å²) in [6, 6.07) is 8.00. The molecule has 0 N–H and O–H groups in total. The number of fused-ring (bicyclic) bond motifs is 1. The van der Waals surface area contributed by atoms with Gasteiger partial charge in [0.1, 0.15) is 6.54 Å². The highest BCUT2D eigenvalue weighted by molar-refractivity contribution is 5.78. The highest BCUT2D eigenvalue weighted by Gasteiger charge is 2.07. The van der Waals surface area contributed by atoms with Gasteiger partial charge in [0.15, 0.2) is 0 Å². The number of hydrogen-bond donors (Lipinski definition) is 0. The van der Waals surface area contributed by atoms with E-state index in [1.807, 2.05) is 0 Å². The summed E-state index contributed by atoms with van der Waals surface area (Å²) in [5.74, 6) is 0. The molecule has 0 aliphatic rings. The smallest absolute Gasteiger partial charge is 0.257 e. The second-order valence-corrected chi connectivity index (χ2v) is 2.70. The van der Waals surface area contributed by atoms with Crippen molar-refractivity contribution in [3.63, 3.8) is 0 Å². The van der Waals surface area contributed by atoms with E-state index in [1.165, 1.54) is 4.68 Å². The lowest BCUT2D eigenvalue weighted by molar-refractivity contribution is 0.123. The summed E-state index contributed by atoms with van der Waals surface area (Å²) in [5.41, 5.74) is 0.721. The van der Waals surface area contributed by atoms with Gasteiger partial charge in [-0.3, -0.25) is 4.68 Å². The molecule has 0 aliphatic heterocycles. The summed E-state index contributed by atoms with van der Waals surface area (Å²) in [4.78, 5) is 0. The number of hydrogen-bond acceptors (Lipinski definition) is 1. The molecule has 2 nitrogen and oxygen atoms in total. The second kappa shape index (κ2) is 3.12. The summed E-state index contributed by atoms with van der Waals surface area (Å²) >= 11 is 0. The third kappa shape index (κ3) is 1.52. The van der Waals surface area contributed by atoms with E-state index in [1.54, 1.807) is 24.4 Å². The van der Waals surface area contributed by atoms with E-state index in [0.29, 0.717) is 0 Å². The van der Waals surface area contributed by atoms with Gasteiger partial charge in [-0.1, -0.05) is 6.07 Å². The fourth-order valence-electron chi connectivity index (χ4n) is 1.24. The van der Waals surface area contributed by atoms with Crippen molar-refractivity contribution in [1.82, 2.24) is 9.78 Å². The topological polar surface area (TPSA) is 17.8 Å². The van der Waals surface area contributed by atoms with Crippen LogP contribution in [0, 0.1) is 6.07 Å². The van der Waals surface area contributed by atoms with Gasteiger partial charge in [-0.2, -0.15) is 5.10 Å². The molecule has 0 fully saturated rings. The van der Waals surface area contributed by atoms with Crippen molar-refractivity contribution in [1.29, 1.82) is 0 Å². The molecule has 0 atom stereocenters. The molecule has 0 bridgehead atoms. The average Bonchev–Trinajstić information content (AvgIpc) is 2.48. The predicted octanol–water partition coefficient (Wildman–Crippen LogP) is 2.10. The first-order valence-corrected chi connectivity index (χ1v) is 3.87. The molecule has 0 amide bonds. The number of nitrogens with zero attached hydrogens (tertiary/aromatic N) is 2. The van der Waals surface area contributed by atoms with Crippen molar-refractivity contribution in [2.75, 3.05) is 0 Å². The van der Waals surface area contributed by atoms with Crippen molar-refractivity contribution >= 4 is 10.9 Å². The fraction of sp³-hybridized carbons (Fsp3) is 0.222. The molecule has 2 aromatic rings. The lowest BCUT2D eigenvalue weighted by Crippen LogP contribution is -2.07. The molecule has 0 saturated carbocycles. The van der Waals surface area contributed by atoms with Crippen LogP contribution < -0.4 is 0 Å². The Bertz CT molecular complexity index is 409. The Hall–Kier alpha value is -1.45. The maximum atomic E-state index is 12.1. The minimum Gasteiger partial charge on any atom is -0.259 e. The molecule has 0 unspecified atom stereocenters. The van der Waals surface area contributed by atoms with Gasteiger partial charge in [0, 0.05) is 5.39 Å². The van der Waals surface area contributed by atoms with Gasteiger partial charge in [0.25, 0.3) is 6.43 Å². The molecule has 1 aromatic heterocycles. The van der Waals surface area contributed by atoms with E-state index in [0.717, 1.165) is 10.9 Å². The van der Waals surface area contributed by atoms with Crippen molar-refractivity contribution < 1.29 is 8.78 Å². The van der Waals surface area contributed by atoms with Crippen LogP contribution >= 0.6 is 0 Å². The first-order chi connectivity index (χ1) is 6.27. The molecule has 0 spiro atoms.